The molecule has 1 aromatic rings. The predicted molar refractivity (Wildman–Crippen MR) is 79.9 cm³/mol. The first-order chi connectivity index (χ1) is 9.97. The van der Waals surface area contributed by atoms with Crippen LogP contribution in [0.1, 0.15) is 17.5 Å². The molecule has 4 heteroatoms. The number of fused-ring (bicyclic) bond motifs is 2. The Hall–Kier alpha value is -2.10. The maximum atomic E-state index is 12.6. The van der Waals surface area contributed by atoms with Crippen molar-refractivity contribution in [1.82, 2.24) is 0 Å². The normalized spacial score (nSPS) is 29.6. The first-order valence-corrected chi connectivity index (χ1v) is 7.26. The SMILES string of the molecule is Cc1ccc(C)c(NC(=O)C2C3C=CC(C3)C2C(=O)O)c1. The number of amides is 1. The number of carbonyl (C=O) groups excluding carboxylic acids is 1. The highest BCUT2D eigenvalue weighted by molar-refractivity contribution is 5.97. The molecule has 2 N–H and O–H groups in total. The van der Waals surface area contributed by atoms with E-state index in [-0.39, 0.29) is 17.7 Å². The number of anilines is 1. The number of hydrogen-bond acceptors (Lipinski definition) is 2. The minimum atomic E-state index is -0.868. The van der Waals surface area contributed by atoms with E-state index in [1.165, 1.54) is 0 Å². The van der Waals surface area contributed by atoms with Crippen molar-refractivity contribution in [3.8, 4) is 0 Å². The number of benzene rings is 1. The molecule has 0 aliphatic heterocycles. The topological polar surface area (TPSA) is 66.4 Å². The largest absolute Gasteiger partial charge is 0.481 e. The maximum Gasteiger partial charge on any atom is 0.307 e. The summed E-state index contributed by atoms with van der Waals surface area (Å²) in [5, 5.41) is 12.3. The number of carbonyl (C=O) groups is 2. The first-order valence-electron chi connectivity index (χ1n) is 7.26. The van der Waals surface area contributed by atoms with Gasteiger partial charge in [-0.15, -0.1) is 0 Å². The van der Waals surface area contributed by atoms with E-state index in [9.17, 15) is 14.7 Å². The predicted octanol–water partition coefficient (Wildman–Crippen LogP) is 2.76. The lowest BCUT2D eigenvalue weighted by Crippen LogP contribution is -2.36. The van der Waals surface area contributed by atoms with Gasteiger partial charge in [-0.3, -0.25) is 9.59 Å². The van der Waals surface area contributed by atoms with Crippen molar-refractivity contribution >= 4 is 17.6 Å². The van der Waals surface area contributed by atoms with Gasteiger partial charge in [0.1, 0.15) is 0 Å². The molecule has 0 spiro atoms. The molecule has 0 radical (unpaired) electrons. The lowest BCUT2D eigenvalue weighted by molar-refractivity contribution is -0.146. The van der Waals surface area contributed by atoms with Gasteiger partial charge in [-0.1, -0.05) is 24.3 Å². The lowest BCUT2D eigenvalue weighted by Gasteiger charge is -2.24. The van der Waals surface area contributed by atoms with Gasteiger partial charge in [0, 0.05) is 5.69 Å². The van der Waals surface area contributed by atoms with Crippen LogP contribution in [0.25, 0.3) is 0 Å². The molecule has 2 aliphatic carbocycles. The van der Waals surface area contributed by atoms with Crippen molar-refractivity contribution in [2.45, 2.75) is 20.3 Å². The molecule has 2 aliphatic rings. The zero-order valence-electron chi connectivity index (χ0n) is 12.2. The molecule has 0 aromatic heterocycles. The summed E-state index contributed by atoms with van der Waals surface area (Å²) < 4.78 is 0. The molecule has 4 unspecified atom stereocenters. The van der Waals surface area contributed by atoms with Crippen LogP contribution in [-0.2, 0) is 9.59 Å². The molecule has 0 saturated heterocycles. The van der Waals surface area contributed by atoms with Gasteiger partial charge in [-0.25, -0.2) is 0 Å². The van der Waals surface area contributed by atoms with Crippen LogP contribution in [0.5, 0.6) is 0 Å². The van der Waals surface area contributed by atoms with E-state index in [0.29, 0.717) is 0 Å². The third kappa shape index (κ3) is 2.35. The Morgan fingerprint density at radius 2 is 1.81 bits per heavy atom. The third-order valence-electron chi connectivity index (χ3n) is 4.70. The van der Waals surface area contributed by atoms with E-state index in [2.05, 4.69) is 5.32 Å². The first kappa shape index (κ1) is 13.9. The van der Waals surface area contributed by atoms with E-state index < -0.39 is 17.8 Å². The van der Waals surface area contributed by atoms with Crippen LogP contribution in [-0.4, -0.2) is 17.0 Å². The van der Waals surface area contributed by atoms with Crippen LogP contribution in [0.2, 0.25) is 0 Å². The summed E-state index contributed by atoms with van der Waals surface area (Å²) in [4.78, 5) is 24.0. The van der Waals surface area contributed by atoms with E-state index in [4.69, 9.17) is 0 Å². The van der Waals surface area contributed by atoms with Crippen molar-refractivity contribution in [3.63, 3.8) is 0 Å². The average molecular weight is 285 g/mol. The van der Waals surface area contributed by atoms with Crippen LogP contribution in [0.4, 0.5) is 5.69 Å². The van der Waals surface area contributed by atoms with Crippen LogP contribution >= 0.6 is 0 Å². The number of rotatable bonds is 3. The number of carboxylic acid groups (broad SMARTS) is 1. The molecule has 3 rings (SSSR count). The van der Waals surface area contributed by atoms with Crippen LogP contribution in [0, 0.1) is 37.5 Å². The second kappa shape index (κ2) is 5.02. The molecule has 110 valence electrons. The maximum absolute atomic E-state index is 12.6. The molecular weight excluding hydrogens is 266 g/mol. The number of hydrogen-bond donors (Lipinski definition) is 2. The van der Waals surface area contributed by atoms with Crippen LogP contribution in [0.15, 0.2) is 30.4 Å². The van der Waals surface area contributed by atoms with Gasteiger partial charge in [0.05, 0.1) is 11.8 Å². The molecule has 4 atom stereocenters. The minimum absolute atomic E-state index is 0.00172. The number of aryl methyl sites for hydroxylation is 2. The van der Waals surface area contributed by atoms with Gasteiger partial charge >= 0.3 is 5.97 Å². The fraction of sp³-hybridized carbons (Fsp3) is 0.412. The molecular formula is C17H19NO3. The highest BCUT2D eigenvalue weighted by Crippen LogP contribution is 2.48. The van der Waals surface area contributed by atoms with Crippen molar-refractivity contribution in [1.29, 1.82) is 0 Å². The van der Waals surface area contributed by atoms with Gasteiger partial charge in [0.15, 0.2) is 0 Å². The quantitative estimate of drug-likeness (QED) is 0.839. The van der Waals surface area contributed by atoms with Crippen molar-refractivity contribution < 1.29 is 14.7 Å². The van der Waals surface area contributed by atoms with Gasteiger partial charge in [0.2, 0.25) is 5.91 Å². The second-order valence-corrected chi connectivity index (χ2v) is 6.15. The molecule has 1 amide bonds. The molecule has 2 bridgehead atoms. The summed E-state index contributed by atoms with van der Waals surface area (Å²) >= 11 is 0. The van der Waals surface area contributed by atoms with Crippen molar-refractivity contribution in [2.24, 2.45) is 23.7 Å². The number of allylic oxidation sites excluding steroid dienone is 2. The standard InChI is InChI=1S/C17H19NO3/c1-9-3-4-10(2)13(7-9)18-16(19)14-11-5-6-12(8-11)15(14)17(20)21/h3-7,11-12,14-15H,8H2,1-2H3,(H,18,19)(H,20,21). The average Bonchev–Trinajstić information content (AvgIpc) is 3.03. The fourth-order valence-electron chi connectivity index (χ4n) is 3.60. The zero-order valence-corrected chi connectivity index (χ0v) is 12.2. The Balaban J connectivity index is 1.83. The van der Waals surface area contributed by atoms with Gasteiger partial charge in [-0.2, -0.15) is 0 Å². The molecule has 21 heavy (non-hydrogen) atoms. The summed E-state index contributed by atoms with van der Waals surface area (Å²) in [6.45, 7) is 3.90. The Morgan fingerprint density at radius 3 is 2.48 bits per heavy atom. The Labute approximate surface area is 123 Å². The highest BCUT2D eigenvalue weighted by Gasteiger charge is 2.51. The van der Waals surface area contributed by atoms with Gasteiger partial charge in [0.25, 0.3) is 0 Å². The van der Waals surface area contributed by atoms with Gasteiger partial charge < -0.3 is 10.4 Å². The molecule has 4 nitrogen and oxygen atoms in total. The molecule has 1 aromatic carbocycles. The molecule has 1 fully saturated rings. The second-order valence-electron chi connectivity index (χ2n) is 6.15. The Kier molecular flexibility index (Phi) is 3.32. The summed E-state index contributed by atoms with van der Waals surface area (Å²) in [7, 11) is 0. The van der Waals surface area contributed by atoms with Crippen molar-refractivity contribution in [2.75, 3.05) is 5.32 Å². The van der Waals surface area contributed by atoms with E-state index in [1.807, 2.05) is 44.2 Å². The van der Waals surface area contributed by atoms with Gasteiger partial charge in [-0.05, 0) is 49.3 Å². The van der Waals surface area contributed by atoms with E-state index in [0.717, 1.165) is 23.2 Å². The fourth-order valence-corrected chi connectivity index (χ4v) is 3.60. The minimum Gasteiger partial charge on any atom is -0.481 e. The smallest absolute Gasteiger partial charge is 0.307 e. The number of carboxylic acids is 1. The summed E-state index contributed by atoms with van der Waals surface area (Å²) in [5.41, 5.74) is 2.83. The Morgan fingerprint density at radius 1 is 1.14 bits per heavy atom. The lowest BCUT2D eigenvalue weighted by atomic mass is 9.82. The summed E-state index contributed by atoms with van der Waals surface area (Å²) in [6, 6.07) is 5.87. The van der Waals surface area contributed by atoms with E-state index >= 15 is 0 Å². The zero-order chi connectivity index (χ0) is 15.1. The van der Waals surface area contributed by atoms with Crippen molar-refractivity contribution in [3.05, 3.63) is 41.5 Å². The molecule has 1 saturated carbocycles. The van der Waals surface area contributed by atoms with E-state index in [1.54, 1.807) is 0 Å². The number of aliphatic carboxylic acids is 1. The third-order valence-corrected chi connectivity index (χ3v) is 4.70. The monoisotopic (exact) mass is 285 g/mol. The summed E-state index contributed by atoms with van der Waals surface area (Å²) in [5.74, 6) is -2.04. The summed E-state index contributed by atoms with van der Waals surface area (Å²) in [6.07, 6.45) is 4.73. The van der Waals surface area contributed by atoms with Crippen LogP contribution < -0.4 is 5.32 Å². The Bertz CT molecular complexity index is 635. The molecule has 0 heterocycles. The van der Waals surface area contributed by atoms with Crippen LogP contribution in [0.3, 0.4) is 0 Å². The highest BCUT2D eigenvalue weighted by atomic mass is 16.4. The number of nitrogens with one attached hydrogen (secondary N) is 1.